The number of amides is 2. The Morgan fingerprint density at radius 1 is 0.833 bits per heavy atom. The van der Waals surface area contributed by atoms with Crippen molar-refractivity contribution in [2.45, 2.75) is 6.10 Å². The van der Waals surface area contributed by atoms with Gasteiger partial charge in [0.1, 0.15) is 5.75 Å². The van der Waals surface area contributed by atoms with Gasteiger partial charge in [0.15, 0.2) is 11.9 Å². The quantitative estimate of drug-likeness (QED) is 0.683. The molecule has 150 valence electrons. The number of likely N-dealkylation sites (N-methyl/N-ethyl adjacent to an activating group) is 1. The number of carbonyl (C=O) groups excluding carboxylic acids is 3. The zero-order valence-electron chi connectivity index (χ0n) is 16.4. The van der Waals surface area contributed by atoms with Crippen LogP contribution < -0.4 is 15.0 Å². The maximum Gasteiger partial charge on any atom is 0.262 e. The number of para-hydroxylation sites is 2. The summed E-state index contributed by atoms with van der Waals surface area (Å²) in [6.07, 6.45) is -0.798. The van der Waals surface area contributed by atoms with Crippen LogP contribution in [0.2, 0.25) is 0 Å². The van der Waals surface area contributed by atoms with Gasteiger partial charge in [-0.2, -0.15) is 0 Å². The Bertz CT molecular complexity index is 1090. The minimum absolute atomic E-state index is 0.0974. The molecule has 1 aliphatic heterocycles. The summed E-state index contributed by atoms with van der Waals surface area (Å²) in [5.41, 5.74) is 2.12. The molecule has 30 heavy (non-hydrogen) atoms. The number of rotatable bonds is 4. The Morgan fingerprint density at radius 3 is 2.13 bits per heavy atom. The van der Waals surface area contributed by atoms with Crippen molar-refractivity contribution in [3.8, 4) is 5.75 Å². The van der Waals surface area contributed by atoms with E-state index >= 15 is 0 Å². The molecular weight excluding hydrogens is 380 g/mol. The third kappa shape index (κ3) is 3.67. The van der Waals surface area contributed by atoms with Crippen LogP contribution in [0.25, 0.3) is 0 Å². The lowest BCUT2D eigenvalue weighted by Gasteiger charge is -2.34. The molecule has 0 radical (unpaired) electrons. The summed E-state index contributed by atoms with van der Waals surface area (Å²) >= 11 is 0. The molecule has 3 aromatic rings. The number of hydrogen-bond donors (Lipinski definition) is 1. The molecule has 0 saturated heterocycles. The molecule has 0 aromatic heterocycles. The molecule has 0 spiro atoms. The first-order chi connectivity index (χ1) is 14.6. The van der Waals surface area contributed by atoms with E-state index < -0.39 is 6.10 Å². The summed E-state index contributed by atoms with van der Waals surface area (Å²) in [7, 11) is 1.53. The minimum atomic E-state index is -0.798. The fourth-order valence-corrected chi connectivity index (χ4v) is 3.40. The highest BCUT2D eigenvalue weighted by atomic mass is 16.5. The lowest BCUT2D eigenvalue weighted by molar-refractivity contribution is -0.127. The monoisotopic (exact) mass is 400 g/mol. The van der Waals surface area contributed by atoms with Crippen molar-refractivity contribution >= 4 is 23.3 Å². The van der Waals surface area contributed by atoms with Crippen LogP contribution in [-0.2, 0) is 4.79 Å². The maximum absolute atomic E-state index is 13.2. The van der Waals surface area contributed by atoms with Gasteiger partial charge in [-0.05, 0) is 24.3 Å². The summed E-state index contributed by atoms with van der Waals surface area (Å²) in [5, 5.41) is 2.56. The van der Waals surface area contributed by atoms with Crippen LogP contribution in [0.3, 0.4) is 0 Å². The van der Waals surface area contributed by atoms with Crippen molar-refractivity contribution in [2.75, 3.05) is 18.5 Å². The van der Waals surface area contributed by atoms with Gasteiger partial charge in [0.25, 0.3) is 11.8 Å². The van der Waals surface area contributed by atoms with E-state index in [9.17, 15) is 14.4 Å². The van der Waals surface area contributed by atoms with Gasteiger partial charge >= 0.3 is 0 Å². The lowest BCUT2D eigenvalue weighted by atomic mass is 10.0. The van der Waals surface area contributed by atoms with Gasteiger partial charge < -0.3 is 15.0 Å². The summed E-state index contributed by atoms with van der Waals surface area (Å²) in [6, 6.07) is 22.6. The Morgan fingerprint density at radius 2 is 1.43 bits per heavy atom. The number of carbonyl (C=O) groups is 3. The molecule has 0 saturated carbocycles. The number of anilines is 1. The second-order valence-corrected chi connectivity index (χ2v) is 6.88. The van der Waals surface area contributed by atoms with Crippen LogP contribution in [0.15, 0.2) is 78.9 Å². The van der Waals surface area contributed by atoms with E-state index in [2.05, 4.69) is 5.32 Å². The first-order valence-corrected chi connectivity index (χ1v) is 9.57. The number of ketones is 1. The van der Waals surface area contributed by atoms with Crippen LogP contribution in [0.4, 0.5) is 5.69 Å². The average molecular weight is 400 g/mol. The fraction of sp³-hybridized carbons (Fsp3) is 0.125. The Kier molecular flexibility index (Phi) is 5.30. The number of nitrogens with zero attached hydrogens (tertiary/aromatic N) is 1. The number of hydrogen-bond acceptors (Lipinski definition) is 4. The zero-order chi connectivity index (χ0) is 21.1. The third-order valence-corrected chi connectivity index (χ3v) is 4.99. The van der Waals surface area contributed by atoms with Crippen LogP contribution in [0.5, 0.6) is 5.75 Å². The topological polar surface area (TPSA) is 75.7 Å². The van der Waals surface area contributed by atoms with E-state index in [-0.39, 0.29) is 24.1 Å². The highest BCUT2D eigenvalue weighted by Crippen LogP contribution is 2.34. The van der Waals surface area contributed by atoms with Gasteiger partial charge in [-0.15, -0.1) is 0 Å². The van der Waals surface area contributed by atoms with Crippen LogP contribution >= 0.6 is 0 Å². The van der Waals surface area contributed by atoms with Gasteiger partial charge in [-0.1, -0.05) is 54.6 Å². The zero-order valence-corrected chi connectivity index (χ0v) is 16.4. The number of benzene rings is 3. The SMILES string of the molecule is CNC(=O)[C@H]1CN(C(=O)c2ccc(C(=O)c3ccccc3)cc2)c2ccccc2O1. The molecule has 6 nitrogen and oxygen atoms in total. The minimum Gasteiger partial charge on any atom is -0.477 e. The molecule has 2 amide bonds. The second kappa shape index (κ2) is 8.21. The van der Waals surface area contributed by atoms with E-state index in [1.54, 1.807) is 54.6 Å². The molecule has 0 unspecified atom stereocenters. The standard InChI is InChI=1S/C24H20N2O4/c1-25-23(28)21-15-26(19-9-5-6-10-20(19)30-21)24(29)18-13-11-17(12-14-18)22(27)16-7-3-2-4-8-16/h2-14,21H,15H2,1H3,(H,25,28)/t21-/m1/s1. The van der Waals surface area contributed by atoms with E-state index in [0.29, 0.717) is 28.1 Å². The predicted octanol–water partition coefficient (Wildman–Crippen LogP) is 3.07. The molecule has 1 atom stereocenters. The van der Waals surface area contributed by atoms with E-state index in [1.807, 2.05) is 24.3 Å². The highest BCUT2D eigenvalue weighted by molar-refractivity contribution is 6.11. The third-order valence-electron chi connectivity index (χ3n) is 4.99. The van der Waals surface area contributed by atoms with Crippen molar-refractivity contribution in [2.24, 2.45) is 0 Å². The van der Waals surface area contributed by atoms with Gasteiger partial charge in [0, 0.05) is 23.7 Å². The smallest absolute Gasteiger partial charge is 0.262 e. The predicted molar refractivity (Wildman–Crippen MR) is 113 cm³/mol. The molecule has 1 heterocycles. The van der Waals surface area contributed by atoms with E-state index in [1.165, 1.54) is 11.9 Å². The largest absolute Gasteiger partial charge is 0.477 e. The Hall–Kier alpha value is -3.93. The number of fused-ring (bicyclic) bond motifs is 1. The summed E-state index contributed by atoms with van der Waals surface area (Å²) in [4.78, 5) is 39.5. The number of ether oxygens (including phenoxy) is 1. The molecule has 3 aromatic carbocycles. The maximum atomic E-state index is 13.2. The van der Waals surface area contributed by atoms with Gasteiger partial charge in [0.2, 0.25) is 0 Å². The Labute approximate surface area is 174 Å². The lowest BCUT2D eigenvalue weighted by Crippen LogP contribution is -2.50. The van der Waals surface area contributed by atoms with Gasteiger partial charge in [-0.3, -0.25) is 14.4 Å². The fourth-order valence-electron chi connectivity index (χ4n) is 3.40. The molecule has 4 rings (SSSR count). The molecule has 1 aliphatic rings. The van der Waals surface area contributed by atoms with Crippen molar-refractivity contribution in [1.82, 2.24) is 5.32 Å². The molecule has 6 heteroatoms. The molecule has 0 fully saturated rings. The molecule has 0 aliphatic carbocycles. The normalized spacial score (nSPS) is 15.0. The van der Waals surface area contributed by atoms with Crippen LogP contribution in [-0.4, -0.2) is 37.3 Å². The van der Waals surface area contributed by atoms with Gasteiger partial charge in [0.05, 0.1) is 12.2 Å². The van der Waals surface area contributed by atoms with Crippen molar-refractivity contribution < 1.29 is 19.1 Å². The van der Waals surface area contributed by atoms with E-state index in [4.69, 9.17) is 4.74 Å². The first kappa shape index (κ1) is 19.4. The summed E-state index contributed by atoms with van der Waals surface area (Å²) < 4.78 is 5.75. The van der Waals surface area contributed by atoms with Crippen LogP contribution in [0, 0.1) is 0 Å². The van der Waals surface area contributed by atoms with Crippen molar-refractivity contribution in [1.29, 1.82) is 0 Å². The highest BCUT2D eigenvalue weighted by Gasteiger charge is 2.33. The van der Waals surface area contributed by atoms with E-state index in [0.717, 1.165) is 0 Å². The summed E-state index contributed by atoms with van der Waals surface area (Å²) in [6.45, 7) is 0.0974. The first-order valence-electron chi connectivity index (χ1n) is 9.57. The molecule has 0 bridgehead atoms. The number of nitrogens with one attached hydrogen (secondary N) is 1. The molecular formula is C24H20N2O4. The summed E-state index contributed by atoms with van der Waals surface area (Å²) in [5.74, 6) is -0.197. The second-order valence-electron chi connectivity index (χ2n) is 6.88. The average Bonchev–Trinajstić information content (AvgIpc) is 2.82. The molecule has 1 N–H and O–H groups in total. The van der Waals surface area contributed by atoms with Crippen LogP contribution in [0.1, 0.15) is 26.3 Å². The van der Waals surface area contributed by atoms with Crippen molar-refractivity contribution in [3.63, 3.8) is 0 Å². The Balaban J connectivity index is 1.61. The van der Waals surface area contributed by atoms with Gasteiger partial charge in [-0.25, -0.2) is 0 Å². The van der Waals surface area contributed by atoms with Crippen molar-refractivity contribution in [3.05, 3.63) is 95.6 Å².